The van der Waals surface area contributed by atoms with E-state index in [1.165, 1.54) is 29.3 Å². The number of para-hydroxylation sites is 1. The van der Waals surface area contributed by atoms with E-state index in [0.29, 0.717) is 12.1 Å². The van der Waals surface area contributed by atoms with Gasteiger partial charge in [-0.15, -0.1) is 0 Å². The second kappa shape index (κ2) is 7.69. The molecule has 0 spiro atoms. The van der Waals surface area contributed by atoms with Crippen molar-refractivity contribution in [3.8, 4) is 0 Å². The standard InChI is InChI=1S/C24H22N2O2/c1-17-9-10-20(24(27)28-2)13-21(17)16-26-22(12-18-6-5-11-25-15-18)14-19-7-3-4-8-23(19)26/h3-11,13-15H,12,16H2,1-2H3. The van der Waals surface area contributed by atoms with Gasteiger partial charge in [0.25, 0.3) is 0 Å². The van der Waals surface area contributed by atoms with E-state index in [4.69, 9.17) is 4.74 Å². The molecular weight excluding hydrogens is 348 g/mol. The molecule has 2 heterocycles. The highest BCUT2D eigenvalue weighted by Gasteiger charge is 2.13. The lowest BCUT2D eigenvalue weighted by Gasteiger charge is -2.14. The summed E-state index contributed by atoms with van der Waals surface area (Å²) in [6.45, 7) is 2.77. The number of hydrogen-bond acceptors (Lipinski definition) is 3. The van der Waals surface area contributed by atoms with Crippen LogP contribution in [0.25, 0.3) is 10.9 Å². The van der Waals surface area contributed by atoms with E-state index in [0.717, 1.165) is 17.5 Å². The van der Waals surface area contributed by atoms with Crippen LogP contribution in [0.15, 0.2) is 73.1 Å². The summed E-state index contributed by atoms with van der Waals surface area (Å²) in [6.07, 6.45) is 4.50. The van der Waals surface area contributed by atoms with Crippen LogP contribution in [-0.4, -0.2) is 22.6 Å². The van der Waals surface area contributed by atoms with Crippen LogP contribution in [0.5, 0.6) is 0 Å². The summed E-state index contributed by atoms with van der Waals surface area (Å²) in [6, 6.07) is 20.4. The van der Waals surface area contributed by atoms with Crippen molar-refractivity contribution in [2.45, 2.75) is 19.9 Å². The fraction of sp³-hybridized carbons (Fsp3) is 0.167. The second-order valence-electron chi connectivity index (χ2n) is 6.95. The number of carbonyl (C=O) groups is 1. The van der Waals surface area contributed by atoms with Crippen molar-refractivity contribution >= 4 is 16.9 Å². The Morgan fingerprint density at radius 1 is 1.07 bits per heavy atom. The van der Waals surface area contributed by atoms with Crippen molar-refractivity contribution < 1.29 is 9.53 Å². The zero-order valence-electron chi connectivity index (χ0n) is 16.1. The molecule has 4 heteroatoms. The summed E-state index contributed by atoms with van der Waals surface area (Å²) < 4.78 is 7.21. The van der Waals surface area contributed by atoms with Gasteiger partial charge in [-0.1, -0.05) is 30.3 Å². The molecule has 0 saturated carbocycles. The molecule has 2 aromatic heterocycles. The lowest BCUT2D eigenvalue weighted by atomic mass is 10.0. The van der Waals surface area contributed by atoms with E-state index < -0.39 is 0 Å². The first-order valence-electron chi connectivity index (χ1n) is 9.29. The molecule has 0 aliphatic carbocycles. The Labute approximate surface area is 164 Å². The summed E-state index contributed by atoms with van der Waals surface area (Å²) in [7, 11) is 1.41. The number of methoxy groups -OCH3 is 1. The van der Waals surface area contributed by atoms with Gasteiger partial charge in [0.1, 0.15) is 0 Å². The third-order valence-electron chi connectivity index (χ3n) is 5.10. The molecule has 0 saturated heterocycles. The summed E-state index contributed by atoms with van der Waals surface area (Å²) in [5.74, 6) is -0.311. The number of fused-ring (bicyclic) bond motifs is 1. The molecule has 0 fully saturated rings. The third kappa shape index (κ3) is 3.54. The fourth-order valence-corrected chi connectivity index (χ4v) is 3.57. The molecule has 0 radical (unpaired) electrons. The largest absolute Gasteiger partial charge is 0.465 e. The summed E-state index contributed by atoms with van der Waals surface area (Å²) in [4.78, 5) is 16.2. The first-order chi connectivity index (χ1) is 13.7. The molecule has 0 unspecified atom stereocenters. The van der Waals surface area contributed by atoms with Gasteiger partial charge in [-0.2, -0.15) is 0 Å². The van der Waals surface area contributed by atoms with Crippen LogP contribution in [-0.2, 0) is 17.7 Å². The molecule has 0 N–H and O–H groups in total. The van der Waals surface area contributed by atoms with Crippen molar-refractivity contribution in [2.24, 2.45) is 0 Å². The fourth-order valence-electron chi connectivity index (χ4n) is 3.57. The molecule has 4 rings (SSSR count). The van der Waals surface area contributed by atoms with Crippen LogP contribution in [0.3, 0.4) is 0 Å². The minimum absolute atomic E-state index is 0.311. The first-order valence-corrected chi connectivity index (χ1v) is 9.29. The van der Waals surface area contributed by atoms with Crippen LogP contribution in [0.4, 0.5) is 0 Å². The number of hydrogen-bond donors (Lipinski definition) is 0. The third-order valence-corrected chi connectivity index (χ3v) is 5.10. The Morgan fingerprint density at radius 2 is 1.93 bits per heavy atom. The van der Waals surface area contributed by atoms with E-state index >= 15 is 0 Å². The van der Waals surface area contributed by atoms with Crippen molar-refractivity contribution in [1.29, 1.82) is 0 Å². The van der Waals surface area contributed by atoms with Crippen LogP contribution < -0.4 is 0 Å². The molecule has 0 aliphatic rings. The number of ether oxygens (including phenoxy) is 1. The quantitative estimate of drug-likeness (QED) is 0.475. The Morgan fingerprint density at radius 3 is 2.71 bits per heavy atom. The normalized spacial score (nSPS) is 10.9. The summed E-state index contributed by atoms with van der Waals surface area (Å²) in [5.41, 5.74) is 6.41. The minimum atomic E-state index is -0.311. The van der Waals surface area contributed by atoms with Gasteiger partial charge < -0.3 is 9.30 Å². The SMILES string of the molecule is COC(=O)c1ccc(C)c(Cn2c(Cc3cccnc3)cc3ccccc32)c1. The molecule has 0 atom stereocenters. The Bertz CT molecular complexity index is 1130. The molecule has 140 valence electrons. The molecule has 0 amide bonds. The van der Waals surface area contributed by atoms with E-state index in [1.807, 2.05) is 30.5 Å². The van der Waals surface area contributed by atoms with Gasteiger partial charge in [0, 0.05) is 36.6 Å². The topological polar surface area (TPSA) is 44.1 Å². The lowest BCUT2D eigenvalue weighted by molar-refractivity contribution is 0.0600. The van der Waals surface area contributed by atoms with E-state index in [-0.39, 0.29) is 5.97 Å². The minimum Gasteiger partial charge on any atom is -0.465 e. The van der Waals surface area contributed by atoms with Crippen LogP contribution in [0, 0.1) is 6.92 Å². The van der Waals surface area contributed by atoms with Gasteiger partial charge >= 0.3 is 5.97 Å². The van der Waals surface area contributed by atoms with Crippen LogP contribution >= 0.6 is 0 Å². The maximum Gasteiger partial charge on any atom is 0.337 e. The number of aryl methyl sites for hydroxylation is 1. The van der Waals surface area contributed by atoms with Crippen molar-refractivity contribution in [3.63, 3.8) is 0 Å². The van der Waals surface area contributed by atoms with Gasteiger partial charge in [-0.05, 0) is 59.3 Å². The van der Waals surface area contributed by atoms with E-state index in [9.17, 15) is 4.79 Å². The number of esters is 1. The molecule has 4 nitrogen and oxygen atoms in total. The Hall–Kier alpha value is -3.40. The highest BCUT2D eigenvalue weighted by molar-refractivity contribution is 5.89. The zero-order valence-corrected chi connectivity index (χ0v) is 16.1. The number of benzene rings is 2. The molecular formula is C24H22N2O2. The lowest BCUT2D eigenvalue weighted by Crippen LogP contribution is -2.08. The molecule has 4 aromatic rings. The highest BCUT2D eigenvalue weighted by Crippen LogP contribution is 2.24. The Balaban J connectivity index is 1.78. The van der Waals surface area contributed by atoms with Crippen molar-refractivity contribution in [2.75, 3.05) is 7.11 Å². The van der Waals surface area contributed by atoms with Gasteiger partial charge in [0.2, 0.25) is 0 Å². The predicted octanol–water partition coefficient (Wildman–Crippen LogP) is 4.77. The maximum atomic E-state index is 12.0. The number of carbonyl (C=O) groups excluding carboxylic acids is 1. The monoisotopic (exact) mass is 370 g/mol. The molecule has 2 aromatic carbocycles. The van der Waals surface area contributed by atoms with E-state index in [2.05, 4.69) is 52.9 Å². The van der Waals surface area contributed by atoms with E-state index in [1.54, 1.807) is 6.20 Å². The number of aromatic nitrogens is 2. The second-order valence-corrected chi connectivity index (χ2v) is 6.95. The predicted molar refractivity (Wildman–Crippen MR) is 111 cm³/mol. The van der Waals surface area contributed by atoms with Crippen molar-refractivity contribution in [1.82, 2.24) is 9.55 Å². The molecule has 0 aliphatic heterocycles. The molecule has 28 heavy (non-hydrogen) atoms. The molecule has 0 bridgehead atoms. The van der Waals surface area contributed by atoms with Crippen LogP contribution in [0.1, 0.15) is 32.7 Å². The smallest absolute Gasteiger partial charge is 0.337 e. The van der Waals surface area contributed by atoms with Crippen LogP contribution in [0.2, 0.25) is 0 Å². The summed E-state index contributed by atoms with van der Waals surface area (Å²) >= 11 is 0. The first kappa shape index (κ1) is 18.0. The van der Waals surface area contributed by atoms with Gasteiger partial charge in [0.05, 0.1) is 12.7 Å². The van der Waals surface area contributed by atoms with Gasteiger partial charge in [0.15, 0.2) is 0 Å². The van der Waals surface area contributed by atoms with Gasteiger partial charge in [-0.3, -0.25) is 4.98 Å². The van der Waals surface area contributed by atoms with Gasteiger partial charge in [-0.25, -0.2) is 4.79 Å². The number of nitrogens with zero attached hydrogens (tertiary/aromatic N) is 2. The summed E-state index contributed by atoms with van der Waals surface area (Å²) in [5, 5.41) is 1.21. The Kier molecular flexibility index (Phi) is 4.94. The average molecular weight is 370 g/mol. The number of rotatable bonds is 5. The maximum absolute atomic E-state index is 12.0. The zero-order chi connectivity index (χ0) is 19.5. The number of pyridine rings is 1. The average Bonchev–Trinajstić information content (AvgIpc) is 3.07. The van der Waals surface area contributed by atoms with Crippen molar-refractivity contribution in [3.05, 3.63) is 101 Å². The highest BCUT2D eigenvalue weighted by atomic mass is 16.5.